The number of methoxy groups -OCH3 is 1. The third-order valence-electron chi connectivity index (χ3n) is 2.33. The van der Waals surface area contributed by atoms with E-state index in [9.17, 15) is 10.1 Å². The van der Waals surface area contributed by atoms with E-state index in [1.54, 1.807) is 19.2 Å². The Kier molecular flexibility index (Phi) is 5.90. The summed E-state index contributed by atoms with van der Waals surface area (Å²) in [6.45, 7) is 1.97. The van der Waals surface area contributed by atoms with Crippen LogP contribution >= 0.6 is 11.6 Å². The average molecular weight is 259 g/mol. The molecule has 0 bridgehead atoms. The van der Waals surface area contributed by atoms with Gasteiger partial charge in [-0.3, -0.25) is 10.1 Å². The maximum Gasteiger partial charge on any atom is 0.274 e. The first-order chi connectivity index (χ1) is 8.16. The van der Waals surface area contributed by atoms with Gasteiger partial charge in [0.15, 0.2) is 0 Å². The summed E-state index contributed by atoms with van der Waals surface area (Å²) in [4.78, 5) is 10.4. The van der Waals surface area contributed by atoms with E-state index < -0.39 is 4.92 Å². The molecule has 0 amide bonds. The van der Waals surface area contributed by atoms with Crippen molar-refractivity contribution >= 4 is 17.3 Å². The summed E-state index contributed by atoms with van der Waals surface area (Å²) >= 11 is 5.96. The predicted molar refractivity (Wildman–Crippen MR) is 66.6 cm³/mol. The second-order valence-electron chi connectivity index (χ2n) is 3.49. The van der Waals surface area contributed by atoms with Crippen molar-refractivity contribution in [2.75, 3.05) is 26.8 Å². The van der Waals surface area contributed by atoms with Crippen molar-refractivity contribution in [3.63, 3.8) is 0 Å². The molecule has 0 fully saturated rings. The van der Waals surface area contributed by atoms with Gasteiger partial charge in [0.1, 0.15) is 0 Å². The molecule has 0 saturated heterocycles. The van der Waals surface area contributed by atoms with Crippen molar-refractivity contribution in [3.05, 3.63) is 38.9 Å². The van der Waals surface area contributed by atoms with Crippen LogP contribution in [0.4, 0.5) is 5.69 Å². The number of halogens is 1. The monoisotopic (exact) mass is 258 g/mol. The van der Waals surface area contributed by atoms with Crippen LogP contribution in [0.1, 0.15) is 5.56 Å². The van der Waals surface area contributed by atoms with E-state index in [2.05, 4.69) is 5.32 Å². The third-order valence-corrected chi connectivity index (χ3v) is 2.68. The maximum absolute atomic E-state index is 10.8. The number of nitro benzene ring substituents is 1. The lowest BCUT2D eigenvalue weighted by Gasteiger charge is -2.06. The molecular weight excluding hydrogens is 244 g/mol. The first-order valence-electron chi connectivity index (χ1n) is 5.28. The molecule has 17 heavy (non-hydrogen) atoms. The molecule has 1 aromatic carbocycles. The highest BCUT2D eigenvalue weighted by Gasteiger charge is 2.15. The Morgan fingerprint density at radius 2 is 2.24 bits per heavy atom. The number of rotatable bonds is 7. The van der Waals surface area contributed by atoms with E-state index in [1.807, 2.05) is 0 Å². The van der Waals surface area contributed by atoms with Gasteiger partial charge in [-0.2, -0.15) is 0 Å². The highest BCUT2D eigenvalue weighted by Crippen LogP contribution is 2.26. The largest absolute Gasteiger partial charge is 0.383 e. The Bertz CT molecular complexity index is 385. The van der Waals surface area contributed by atoms with Crippen LogP contribution in [0.15, 0.2) is 18.2 Å². The summed E-state index contributed by atoms with van der Waals surface area (Å²) in [5.74, 6) is 0. The molecule has 0 unspecified atom stereocenters. The van der Waals surface area contributed by atoms with Crippen LogP contribution in [0, 0.1) is 10.1 Å². The van der Waals surface area contributed by atoms with Crippen molar-refractivity contribution in [1.82, 2.24) is 5.32 Å². The fourth-order valence-electron chi connectivity index (χ4n) is 1.48. The molecule has 1 N–H and O–H groups in total. The topological polar surface area (TPSA) is 64.4 Å². The number of benzene rings is 1. The van der Waals surface area contributed by atoms with Gasteiger partial charge in [0, 0.05) is 25.3 Å². The van der Waals surface area contributed by atoms with E-state index in [-0.39, 0.29) is 5.69 Å². The smallest absolute Gasteiger partial charge is 0.274 e. The molecule has 0 radical (unpaired) electrons. The number of nitrogens with one attached hydrogen (secondary N) is 1. The zero-order valence-electron chi connectivity index (χ0n) is 9.61. The second-order valence-corrected chi connectivity index (χ2v) is 3.89. The molecule has 1 aromatic rings. The van der Waals surface area contributed by atoms with Gasteiger partial charge < -0.3 is 10.1 Å². The van der Waals surface area contributed by atoms with Crippen LogP contribution in [0.2, 0.25) is 5.02 Å². The lowest BCUT2D eigenvalue weighted by atomic mass is 10.1. The number of nitro groups is 1. The van der Waals surface area contributed by atoms with Gasteiger partial charge in [-0.25, -0.2) is 0 Å². The number of ether oxygens (including phenoxy) is 1. The van der Waals surface area contributed by atoms with Crippen LogP contribution in [-0.2, 0) is 11.2 Å². The molecule has 0 atom stereocenters. The lowest BCUT2D eigenvalue weighted by Crippen LogP contribution is -2.22. The minimum absolute atomic E-state index is 0.0750. The van der Waals surface area contributed by atoms with Gasteiger partial charge in [0.25, 0.3) is 5.69 Å². The minimum Gasteiger partial charge on any atom is -0.383 e. The summed E-state index contributed by atoms with van der Waals surface area (Å²) in [5, 5.41) is 14.4. The molecule has 1 rings (SSSR count). The summed E-state index contributed by atoms with van der Waals surface area (Å²) in [7, 11) is 1.63. The molecule has 0 saturated carbocycles. The normalized spacial score (nSPS) is 10.5. The van der Waals surface area contributed by atoms with Gasteiger partial charge in [-0.1, -0.05) is 17.7 Å². The molecule has 5 nitrogen and oxygen atoms in total. The quantitative estimate of drug-likeness (QED) is 0.462. The predicted octanol–water partition coefficient (Wildman–Crippen LogP) is 2.03. The van der Waals surface area contributed by atoms with Gasteiger partial charge in [-0.05, 0) is 19.0 Å². The number of hydrogen-bond donors (Lipinski definition) is 1. The molecular formula is C11H15ClN2O3. The van der Waals surface area contributed by atoms with Crippen LogP contribution < -0.4 is 5.32 Å². The standard InChI is InChI=1S/C11H15ClN2O3/c1-17-8-7-13-6-5-9-10(12)3-2-4-11(9)14(15)16/h2-4,13H,5-8H2,1H3. The molecule has 6 heteroatoms. The summed E-state index contributed by atoms with van der Waals surface area (Å²) in [5.41, 5.74) is 0.648. The van der Waals surface area contributed by atoms with Gasteiger partial charge >= 0.3 is 0 Å². The molecule has 0 aliphatic rings. The second kappa shape index (κ2) is 7.21. The van der Waals surface area contributed by atoms with Crippen LogP contribution in [0.5, 0.6) is 0 Å². The van der Waals surface area contributed by atoms with Crippen molar-refractivity contribution in [2.24, 2.45) is 0 Å². The minimum atomic E-state index is -0.406. The van der Waals surface area contributed by atoms with Crippen LogP contribution in [-0.4, -0.2) is 31.7 Å². The van der Waals surface area contributed by atoms with Gasteiger partial charge in [0.2, 0.25) is 0 Å². The first-order valence-corrected chi connectivity index (χ1v) is 5.66. The Labute approximate surface area is 105 Å². The molecule has 94 valence electrons. The van der Waals surface area contributed by atoms with Crippen molar-refractivity contribution in [3.8, 4) is 0 Å². The van der Waals surface area contributed by atoms with E-state index in [0.29, 0.717) is 30.2 Å². The molecule has 0 aliphatic carbocycles. The molecule has 0 heterocycles. The molecule has 0 spiro atoms. The van der Waals surface area contributed by atoms with E-state index in [4.69, 9.17) is 16.3 Å². The Morgan fingerprint density at radius 1 is 1.47 bits per heavy atom. The highest BCUT2D eigenvalue weighted by atomic mass is 35.5. The van der Waals surface area contributed by atoms with Gasteiger partial charge in [-0.15, -0.1) is 0 Å². The zero-order chi connectivity index (χ0) is 12.7. The third kappa shape index (κ3) is 4.30. The summed E-state index contributed by atoms with van der Waals surface area (Å²) in [6.07, 6.45) is 0.527. The first kappa shape index (κ1) is 13.9. The van der Waals surface area contributed by atoms with E-state index >= 15 is 0 Å². The Morgan fingerprint density at radius 3 is 2.88 bits per heavy atom. The van der Waals surface area contributed by atoms with Gasteiger partial charge in [0.05, 0.1) is 16.6 Å². The number of hydrogen-bond acceptors (Lipinski definition) is 4. The van der Waals surface area contributed by atoms with Crippen molar-refractivity contribution in [1.29, 1.82) is 0 Å². The Hall–Kier alpha value is -1.17. The van der Waals surface area contributed by atoms with E-state index in [1.165, 1.54) is 6.07 Å². The van der Waals surface area contributed by atoms with Crippen molar-refractivity contribution in [2.45, 2.75) is 6.42 Å². The van der Waals surface area contributed by atoms with Crippen LogP contribution in [0.3, 0.4) is 0 Å². The maximum atomic E-state index is 10.8. The highest BCUT2D eigenvalue weighted by molar-refractivity contribution is 6.31. The average Bonchev–Trinajstić information content (AvgIpc) is 2.30. The fourth-order valence-corrected chi connectivity index (χ4v) is 1.74. The van der Waals surface area contributed by atoms with Crippen molar-refractivity contribution < 1.29 is 9.66 Å². The lowest BCUT2D eigenvalue weighted by molar-refractivity contribution is -0.385. The van der Waals surface area contributed by atoms with Crippen LogP contribution in [0.25, 0.3) is 0 Å². The zero-order valence-corrected chi connectivity index (χ0v) is 10.4. The molecule has 0 aromatic heterocycles. The number of nitrogens with zero attached hydrogens (tertiary/aromatic N) is 1. The van der Waals surface area contributed by atoms with E-state index in [0.717, 1.165) is 6.54 Å². The SMILES string of the molecule is COCCNCCc1c(Cl)cccc1[N+](=O)[O-]. The molecule has 0 aliphatic heterocycles. The summed E-state index contributed by atoms with van der Waals surface area (Å²) in [6, 6.07) is 4.72. The Balaban J connectivity index is 2.60. The summed E-state index contributed by atoms with van der Waals surface area (Å²) < 4.78 is 4.88. The fraction of sp³-hybridized carbons (Fsp3) is 0.455.